The van der Waals surface area contributed by atoms with Gasteiger partial charge < -0.3 is 24.9 Å². The first-order valence-corrected chi connectivity index (χ1v) is 10.6. The number of pyridine rings is 1. The van der Waals surface area contributed by atoms with E-state index in [0.717, 1.165) is 5.56 Å². The third kappa shape index (κ3) is 5.07. The fourth-order valence-electron chi connectivity index (χ4n) is 3.57. The molecule has 0 aliphatic heterocycles. The van der Waals surface area contributed by atoms with E-state index >= 15 is 0 Å². The molecule has 0 atom stereocenters. The second kappa shape index (κ2) is 9.91. The molecule has 0 aliphatic rings. The summed E-state index contributed by atoms with van der Waals surface area (Å²) < 4.78 is 13.2. The van der Waals surface area contributed by atoms with Gasteiger partial charge in [0.05, 0.1) is 5.52 Å². The molecule has 34 heavy (non-hydrogen) atoms. The van der Waals surface area contributed by atoms with Crippen molar-refractivity contribution in [1.82, 2.24) is 4.57 Å². The summed E-state index contributed by atoms with van der Waals surface area (Å²) in [7, 11) is 0. The quantitative estimate of drug-likeness (QED) is 0.201. The number of carbonyl (C=O) groups is 1. The molecule has 0 spiro atoms. The number of carboxylic acid groups (broad SMARTS) is 1. The normalized spacial score (nSPS) is 10.7. The molecule has 4 rings (SSSR count). The summed E-state index contributed by atoms with van der Waals surface area (Å²) in [4.78, 5) is 24.3. The van der Waals surface area contributed by atoms with Gasteiger partial charge in [0.25, 0.3) is 0 Å². The number of aromatic nitrogens is 1. The minimum absolute atomic E-state index is 0.00703. The first-order chi connectivity index (χ1) is 16.4. The summed E-state index contributed by atoms with van der Waals surface area (Å²) in [6.07, 6.45) is 1.37. The molecule has 0 aliphatic carbocycles. The van der Waals surface area contributed by atoms with E-state index in [9.17, 15) is 14.7 Å². The van der Waals surface area contributed by atoms with Crippen molar-refractivity contribution in [1.29, 1.82) is 5.41 Å². The molecule has 0 radical (unpaired) electrons. The van der Waals surface area contributed by atoms with Crippen molar-refractivity contribution in [3.8, 4) is 11.5 Å². The van der Waals surface area contributed by atoms with E-state index in [2.05, 4.69) is 0 Å². The van der Waals surface area contributed by atoms with Crippen LogP contribution < -0.4 is 20.6 Å². The molecule has 0 bridgehead atoms. The van der Waals surface area contributed by atoms with Crippen molar-refractivity contribution in [2.24, 2.45) is 5.73 Å². The number of hydrogen-bond donors (Lipinski definition) is 3. The SMILES string of the molecule is N=C(N)c1ccc(OCCOc2ccc3c(=O)c(C(=O)O)cn(Cc4ccccc4)c3c2)cc1. The monoisotopic (exact) mass is 457 g/mol. The molecule has 0 saturated heterocycles. The van der Waals surface area contributed by atoms with Crippen LogP contribution in [0.3, 0.4) is 0 Å². The van der Waals surface area contributed by atoms with Gasteiger partial charge in [-0.15, -0.1) is 0 Å². The number of rotatable bonds is 9. The minimum atomic E-state index is -1.26. The Morgan fingerprint density at radius 2 is 1.59 bits per heavy atom. The van der Waals surface area contributed by atoms with Gasteiger partial charge in [0, 0.05) is 29.8 Å². The molecular formula is C26H23N3O5. The summed E-state index contributed by atoms with van der Waals surface area (Å²) in [6, 6.07) is 21.4. The molecular weight excluding hydrogens is 434 g/mol. The van der Waals surface area contributed by atoms with Crippen LogP contribution in [0, 0.1) is 5.41 Å². The van der Waals surface area contributed by atoms with E-state index in [0.29, 0.717) is 34.5 Å². The van der Waals surface area contributed by atoms with Gasteiger partial charge in [-0.2, -0.15) is 0 Å². The Labute approximate surface area is 195 Å². The van der Waals surface area contributed by atoms with Gasteiger partial charge in [0.1, 0.15) is 36.1 Å². The highest BCUT2D eigenvalue weighted by Gasteiger charge is 2.15. The zero-order valence-electron chi connectivity index (χ0n) is 18.2. The molecule has 4 N–H and O–H groups in total. The van der Waals surface area contributed by atoms with E-state index in [1.807, 2.05) is 30.3 Å². The molecule has 1 heterocycles. The van der Waals surface area contributed by atoms with Crippen LogP contribution in [-0.4, -0.2) is 34.7 Å². The number of nitrogen functional groups attached to an aromatic ring is 1. The Morgan fingerprint density at radius 1 is 0.941 bits per heavy atom. The van der Waals surface area contributed by atoms with E-state index in [4.69, 9.17) is 20.6 Å². The van der Waals surface area contributed by atoms with Crippen LogP contribution in [0.2, 0.25) is 0 Å². The first kappa shape index (κ1) is 22.6. The summed E-state index contributed by atoms with van der Waals surface area (Å²) >= 11 is 0. The topological polar surface area (TPSA) is 128 Å². The first-order valence-electron chi connectivity index (χ1n) is 10.6. The Kier molecular flexibility index (Phi) is 6.59. The predicted molar refractivity (Wildman–Crippen MR) is 129 cm³/mol. The van der Waals surface area contributed by atoms with Crippen LogP contribution in [0.15, 0.2) is 83.8 Å². The van der Waals surface area contributed by atoms with Gasteiger partial charge in [-0.25, -0.2) is 4.79 Å². The Morgan fingerprint density at radius 3 is 2.24 bits per heavy atom. The number of nitrogens with one attached hydrogen (secondary N) is 1. The van der Waals surface area contributed by atoms with Crippen molar-refractivity contribution >= 4 is 22.7 Å². The number of nitrogens with two attached hydrogens (primary N) is 1. The average molecular weight is 457 g/mol. The van der Waals surface area contributed by atoms with Gasteiger partial charge in [-0.05, 0) is 42.0 Å². The molecule has 1 aromatic heterocycles. The number of fused-ring (bicyclic) bond motifs is 1. The molecule has 8 nitrogen and oxygen atoms in total. The lowest BCUT2D eigenvalue weighted by atomic mass is 10.1. The van der Waals surface area contributed by atoms with Crippen molar-refractivity contribution < 1.29 is 19.4 Å². The lowest BCUT2D eigenvalue weighted by Crippen LogP contribution is -2.19. The van der Waals surface area contributed by atoms with Crippen LogP contribution in [0.4, 0.5) is 0 Å². The Bertz CT molecular complexity index is 1400. The molecule has 3 aromatic carbocycles. The van der Waals surface area contributed by atoms with Gasteiger partial charge in [0.15, 0.2) is 0 Å². The summed E-state index contributed by atoms with van der Waals surface area (Å²) in [6.45, 7) is 0.947. The second-order valence-electron chi connectivity index (χ2n) is 7.60. The summed E-state index contributed by atoms with van der Waals surface area (Å²) in [5, 5.41) is 17.2. The van der Waals surface area contributed by atoms with Crippen molar-refractivity contribution in [3.63, 3.8) is 0 Å². The zero-order valence-corrected chi connectivity index (χ0v) is 18.2. The van der Waals surface area contributed by atoms with Crippen molar-refractivity contribution in [2.45, 2.75) is 6.54 Å². The second-order valence-corrected chi connectivity index (χ2v) is 7.60. The number of carboxylic acids is 1. The summed E-state index contributed by atoms with van der Waals surface area (Å²) in [5.74, 6) is -0.104. The smallest absolute Gasteiger partial charge is 0.341 e. The maximum absolute atomic E-state index is 12.7. The number of amidine groups is 1. The lowest BCUT2D eigenvalue weighted by molar-refractivity contribution is 0.0695. The van der Waals surface area contributed by atoms with Crippen LogP contribution in [-0.2, 0) is 6.54 Å². The number of ether oxygens (including phenoxy) is 2. The van der Waals surface area contributed by atoms with E-state index < -0.39 is 11.4 Å². The molecule has 0 amide bonds. The molecule has 0 unspecified atom stereocenters. The molecule has 0 fully saturated rings. The highest BCUT2D eigenvalue weighted by atomic mass is 16.5. The largest absolute Gasteiger partial charge is 0.490 e. The molecule has 8 heteroatoms. The number of hydrogen-bond acceptors (Lipinski definition) is 5. The minimum Gasteiger partial charge on any atom is -0.490 e. The van der Waals surface area contributed by atoms with Gasteiger partial charge >= 0.3 is 5.97 Å². The fourth-order valence-corrected chi connectivity index (χ4v) is 3.57. The van der Waals surface area contributed by atoms with Crippen molar-refractivity contribution in [3.05, 3.63) is 106 Å². The molecule has 172 valence electrons. The standard InChI is InChI=1S/C26H23N3O5/c27-25(28)18-6-8-19(9-7-18)33-12-13-34-20-10-11-21-23(14-20)29(15-17-4-2-1-3-5-17)16-22(24(21)30)26(31)32/h1-11,14,16H,12-13,15H2,(H3,27,28)(H,31,32). The van der Waals surface area contributed by atoms with Gasteiger partial charge in [-0.3, -0.25) is 10.2 Å². The maximum Gasteiger partial charge on any atom is 0.341 e. The van der Waals surface area contributed by atoms with Crippen molar-refractivity contribution in [2.75, 3.05) is 13.2 Å². The van der Waals surface area contributed by atoms with E-state index in [1.165, 1.54) is 6.20 Å². The number of aromatic carboxylic acids is 1. The highest BCUT2D eigenvalue weighted by Crippen LogP contribution is 2.21. The average Bonchev–Trinajstić information content (AvgIpc) is 2.84. The van der Waals surface area contributed by atoms with Gasteiger partial charge in [0.2, 0.25) is 5.43 Å². The maximum atomic E-state index is 12.7. The summed E-state index contributed by atoms with van der Waals surface area (Å²) in [5.41, 5.74) is 6.81. The van der Waals surface area contributed by atoms with E-state index in [-0.39, 0.29) is 24.6 Å². The predicted octanol–water partition coefficient (Wildman–Crippen LogP) is 3.49. The third-order valence-electron chi connectivity index (χ3n) is 5.27. The number of benzene rings is 3. The molecule has 4 aromatic rings. The van der Waals surface area contributed by atoms with Crippen LogP contribution >= 0.6 is 0 Å². The number of nitrogens with zero attached hydrogens (tertiary/aromatic N) is 1. The zero-order chi connectivity index (χ0) is 24.1. The Hall–Kier alpha value is -4.59. The lowest BCUT2D eigenvalue weighted by Gasteiger charge is -2.14. The fraction of sp³-hybridized carbons (Fsp3) is 0.115. The highest BCUT2D eigenvalue weighted by molar-refractivity contribution is 5.95. The van der Waals surface area contributed by atoms with E-state index in [1.54, 1.807) is 47.0 Å². The third-order valence-corrected chi connectivity index (χ3v) is 5.27. The van der Waals surface area contributed by atoms with Gasteiger partial charge in [-0.1, -0.05) is 30.3 Å². The molecule has 0 saturated carbocycles. The van der Waals surface area contributed by atoms with Crippen LogP contribution in [0.5, 0.6) is 11.5 Å². The van der Waals surface area contributed by atoms with Crippen LogP contribution in [0.1, 0.15) is 21.5 Å². The van der Waals surface area contributed by atoms with Crippen LogP contribution in [0.25, 0.3) is 10.9 Å². The Balaban J connectivity index is 1.53.